The van der Waals surface area contributed by atoms with Gasteiger partial charge >= 0.3 is 0 Å². The summed E-state index contributed by atoms with van der Waals surface area (Å²) in [6, 6.07) is 6.77. The zero-order chi connectivity index (χ0) is 13.0. The van der Waals surface area contributed by atoms with E-state index in [1.54, 1.807) is 24.3 Å². The van der Waals surface area contributed by atoms with Crippen LogP contribution in [0, 0.1) is 6.92 Å². The molecule has 5 nitrogen and oxygen atoms in total. The van der Waals surface area contributed by atoms with Crippen molar-refractivity contribution in [3.8, 4) is 11.5 Å². The number of hydrogen-bond donors (Lipinski definition) is 0. The van der Waals surface area contributed by atoms with Gasteiger partial charge in [-0.3, -0.25) is 4.79 Å². The van der Waals surface area contributed by atoms with Crippen LogP contribution in [0.4, 0.5) is 0 Å². The predicted octanol–water partition coefficient (Wildman–Crippen LogP) is 2.38. The number of aromatic nitrogens is 1. The van der Waals surface area contributed by atoms with Gasteiger partial charge in [0.25, 0.3) is 0 Å². The number of nitrogens with zero attached hydrogens (tertiary/aromatic N) is 1. The molecule has 0 aliphatic heterocycles. The van der Waals surface area contributed by atoms with Gasteiger partial charge < -0.3 is 14.0 Å². The lowest BCUT2D eigenvalue weighted by atomic mass is 10.2. The van der Waals surface area contributed by atoms with E-state index >= 15 is 0 Å². The van der Waals surface area contributed by atoms with E-state index in [1.807, 2.05) is 6.92 Å². The van der Waals surface area contributed by atoms with Crippen molar-refractivity contribution in [2.45, 2.75) is 13.5 Å². The number of benzene rings is 1. The van der Waals surface area contributed by atoms with E-state index in [0.29, 0.717) is 22.8 Å². The SMILES string of the molecule is COc1cc(C=O)ccc1OCc1cc(C)on1. The molecule has 0 atom stereocenters. The van der Waals surface area contributed by atoms with Crippen molar-refractivity contribution in [2.24, 2.45) is 0 Å². The number of carbonyl (C=O) groups is 1. The zero-order valence-electron chi connectivity index (χ0n) is 10.2. The second-order valence-corrected chi connectivity index (χ2v) is 3.75. The highest BCUT2D eigenvalue weighted by molar-refractivity contribution is 5.76. The molecule has 0 unspecified atom stereocenters. The maximum Gasteiger partial charge on any atom is 0.161 e. The average molecular weight is 247 g/mol. The lowest BCUT2D eigenvalue weighted by Crippen LogP contribution is -1.98. The Morgan fingerprint density at radius 3 is 2.78 bits per heavy atom. The van der Waals surface area contributed by atoms with Crippen LogP contribution in [0.1, 0.15) is 21.8 Å². The fourth-order valence-electron chi connectivity index (χ4n) is 1.51. The van der Waals surface area contributed by atoms with Crippen molar-refractivity contribution in [3.05, 3.63) is 41.3 Å². The van der Waals surface area contributed by atoms with Crippen LogP contribution in [0.2, 0.25) is 0 Å². The summed E-state index contributed by atoms with van der Waals surface area (Å²) in [7, 11) is 1.52. The summed E-state index contributed by atoms with van der Waals surface area (Å²) >= 11 is 0. The number of methoxy groups -OCH3 is 1. The van der Waals surface area contributed by atoms with Gasteiger partial charge in [0, 0.05) is 11.6 Å². The minimum atomic E-state index is 0.286. The molecule has 1 heterocycles. The highest BCUT2D eigenvalue weighted by Crippen LogP contribution is 2.28. The van der Waals surface area contributed by atoms with Gasteiger partial charge in [-0.2, -0.15) is 0 Å². The number of rotatable bonds is 5. The Balaban J connectivity index is 2.11. The van der Waals surface area contributed by atoms with Crippen LogP contribution in [0.5, 0.6) is 11.5 Å². The normalized spacial score (nSPS) is 10.1. The van der Waals surface area contributed by atoms with E-state index in [0.717, 1.165) is 12.0 Å². The summed E-state index contributed by atoms with van der Waals surface area (Å²) in [5.41, 5.74) is 1.24. The van der Waals surface area contributed by atoms with Crippen molar-refractivity contribution < 1.29 is 18.8 Å². The summed E-state index contributed by atoms with van der Waals surface area (Å²) in [6.45, 7) is 2.10. The molecule has 18 heavy (non-hydrogen) atoms. The number of carbonyl (C=O) groups excluding carboxylic acids is 1. The second kappa shape index (κ2) is 5.35. The third-order valence-corrected chi connectivity index (χ3v) is 2.38. The third-order valence-electron chi connectivity index (χ3n) is 2.38. The molecular formula is C13H13NO4. The lowest BCUT2D eigenvalue weighted by molar-refractivity contribution is 0.112. The molecule has 0 aliphatic carbocycles. The van der Waals surface area contributed by atoms with Crippen LogP contribution in [0.25, 0.3) is 0 Å². The Hall–Kier alpha value is -2.30. The Labute approximate surface area is 104 Å². The van der Waals surface area contributed by atoms with Gasteiger partial charge in [0.1, 0.15) is 24.3 Å². The molecular weight excluding hydrogens is 234 g/mol. The molecule has 0 bridgehead atoms. The maximum absolute atomic E-state index is 10.6. The maximum atomic E-state index is 10.6. The zero-order valence-corrected chi connectivity index (χ0v) is 10.2. The number of ether oxygens (including phenoxy) is 2. The highest BCUT2D eigenvalue weighted by atomic mass is 16.5. The molecule has 0 N–H and O–H groups in total. The summed E-state index contributed by atoms with van der Waals surface area (Å²) in [4.78, 5) is 10.6. The molecule has 0 amide bonds. The fourth-order valence-corrected chi connectivity index (χ4v) is 1.51. The van der Waals surface area contributed by atoms with Crippen LogP contribution in [0.15, 0.2) is 28.8 Å². The Bertz CT molecular complexity index is 548. The van der Waals surface area contributed by atoms with E-state index in [2.05, 4.69) is 5.16 Å². The van der Waals surface area contributed by atoms with E-state index in [-0.39, 0.29) is 6.61 Å². The molecule has 0 radical (unpaired) electrons. The smallest absolute Gasteiger partial charge is 0.161 e. The third kappa shape index (κ3) is 2.68. The molecule has 0 saturated heterocycles. The Morgan fingerprint density at radius 2 is 2.17 bits per heavy atom. The molecule has 2 rings (SSSR count). The molecule has 0 spiro atoms. The Morgan fingerprint density at radius 1 is 1.33 bits per heavy atom. The quantitative estimate of drug-likeness (QED) is 0.759. The van der Waals surface area contributed by atoms with Gasteiger partial charge in [0.2, 0.25) is 0 Å². The molecule has 5 heteroatoms. The number of hydrogen-bond acceptors (Lipinski definition) is 5. The summed E-state index contributed by atoms with van der Waals surface area (Å²) in [5.74, 6) is 1.81. The fraction of sp³-hybridized carbons (Fsp3) is 0.231. The van der Waals surface area contributed by atoms with Crippen molar-refractivity contribution >= 4 is 6.29 Å². The van der Waals surface area contributed by atoms with Crippen LogP contribution in [0.3, 0.4) is 0 Å². The highest BCUT2D eigenvalue weighted by Gasteiger charge is 2.07. The van der Waals surface area contributed by atoms with E-state index in [9.17, 15) is 4.79 Å². The second-order valence-electron chi connectivity index (χ2n) is 3.75. The van der Waals surface area contributed by atoms with Crippen LogP contribution >= 0.6 is 0 Å². The van der Waals surface area contributed by atoms with E-state index in [4.69, 9.17) is 14.0 Å². The van der Waals surface area contributed by atoms with E-state index < -0.39 is 0 Å². The van der Waals surface area contributed by atoms with Crippen molar-refractivity contribution in [3.63, 3.8) is 0 Å². The minimum Gasteiger partial charge on any atom is -0.493 e. The largest absolute Gasteiger partial charge is 0.493 e. The monoisotopic (exact) mass is 247 g/mol. The summed E-state index contributed by atoms with van der Waals surface area (Å²) in [6.07, 6.45) is 0.757. The van der Waals surface area contributed by atoms with Gasteiger partial charge in [-0.25, -0.2) is 0 Å². The van der Waals surface area contributed by atoms with Gasteiger partial charge in [0.05, 0.1) is 7.11 Å². The molecule has 1 aromatic heterocycles. The van der Waals surface area contributed by atoms with E-state index in [1.165, 1.54) is 7.11 Å². The molecule has 0 aliphatic rings. The minimum absolute atomic E-state index is 0.286. The van der Waals surface area contributed by atoms with Crippen LogP contribution in [-0.2, 0) is 6.61 Å². The van der Waals surface area contributed by atoms with Crippen molar-refractivity contribution in [2.75, 3.05) is 7.11 Å². The number of aryl methyl sites for hydroxylation is 1. The first-order chi connectivity index (χ1) is 8.72. The molecule has 1 aromatic carbocycles. The molecule has 0 fully saturated rings. The first kappa shape index (κ1) is 12.2. The van der Waals surface area contributed by atoms with Crippen LogP contribution < -0.4 is 9.47 Å². The molecule has 0 saturated carbocycles. The van der Waals surface area contributed by atoms with Gasteiger partial charge in [-0.15, -0.1) is 0 Å². The summed E-state index contributed by atoms with van der Waals surface area (Å²) in [5, 5.41) is 3.82. The molecule has 2 aromatic rings. The van der Waals surface area contributed by atoms with Crippen LogP contribution in [-0.4, -0.2) is 18.6 Å². The molecule has 94 valence electrons. The van der Waals surface area contributed by atoms with Crippen molar-refractivity contribution in [1.82, 2.24) is 5.16 Å². The Kier molecular flexibility index (Phi) is 3.62. The lowest BCUT2D eigenvalue weighted by Gasteiger charge is -2.09. The summed E-state index contributed by atoms with van der Waals surface area (Å²) < 4.78 is 15.7. The first-order valence-electron chi connectivity index (χ1n) is 5.41. The predicted molar refractivity (Wildman–Crippen MR) is 64.0 cm³/mol. The topological polar surface area (TPSA) is 61.6 Å². The average Bonchev–Trinajstić information content (AvgIpc) is 2.82. The van der Waals surface area contributed by atoms with Crippen molar-refractivity contribution in [1.29, 1.82) is 0 Å². The number of aldehydes is 1. The van der Waals surface area contributed by atoms with Gasteiger partial charge in [-0.05, 0) is 25.1 Å². The van der Waals surface area contributed by atoms with Gasteiger partial charge in [-0.1, -0.05) is 5.16 Å². The first-order valence-corrected chi connectivity index (χ1v) is 5.41. The van der Waals surface area contributed by atoms with Gasteiger partial charge in [0.15, 0.2) is 11.5 Å². The standard InChI is InChI=1S/C13H13NO4/c1-9-5-11(14-18-9)8-17-12-4-3-10(7-15)6-13(12)16-2/h3-7H,8H2,1-2H3.